The molecule has 0 bridgehead atoms. The molecule has 5 rings (SSSR count). The van der Waals surface area contributed by atoms with Gasteiger partial charge in [0.25, 0.3) is 27.5 Å². The molecule has 37 heavy (non-hydrogen) atoms. The van der Waals surface area contributed by atoms with Crippen molar-refractivity contribution in [2.24, 2.45) is 0 Å². The summed E-state index contributed by atoms with van der Waals surface area (Å²) >= 11 is 0. The molecule has 1 aliphatic heterocycles. The number of sulfonamides is 1. The highest BCUT2D eigenvalue weighted by molar-refractivity contribution is 7.92. The molecule has 0 aliphatic carbocycles. The molecule has 0 unspecified atom stereocenters. The van der Waals surface area contributed by atoms with E-state index in [1.165, 1.54) is 18.3 Å². The monoisotopic (exact) mass is 523 g/mol. The third-order valence-electron chi connectivity index (χ3n) is 5.40. The molecule has 0 saturated carbocycles. The topological polar surface area (TPSA) is 198 Å². The van der Waals surface area contributed by atoms with Gasteiger partial charge < -0.3 is 20.4 Å². The number of hydrogen-bond donors (Lipinski definition) is 4. The smallest absolute Gasteiger partial charge is 0.289 e. The lowest BCUT2D eigenvalue weighted by atomic mass is 10.1. The number of amides is 2. The molecule has 2 aromatic carbocycles. The van der Waals surface area contributed by atoms with E-state index >= 15 is 0 Å². The summed E-state index contributed by atoms with van der Waals surface area (Å²) in [6, 6.07) is 10.0. The average molecular weight is 523 g/mol. The fourth-order valence-electron chi connectivity index (χ4n) is 3.73. The molecule has 2 amide bonds. The molecule has 14 nitrogen and oxygen atoms in total. The van der Waals surface area contributed by atoms with Crippen LogP contribution in [-0.2, 0) is 21.4 Å². The number of para-hydroxylation sites is 1. The molecule has 0 fully saturated rings. The van der Waals surface area contributed by atoms with Crippen LogP contribution in [-0.4, -0.2) is 46.7 Å². The highest BCUT2D eigenvalue weighted by atomic mass is 32.2. The molecule has 2 aromatic heterocycles. The lowest BCUT2D eigenvalue weighted by molar-refractivity contribution is -0.387. The first kappa shape index (κ1) is 23.7. The number of aromatic nitrogens is 3. The molecular formula is C22H17N7O7S. The maximum atomic E-state index is 12.9. The summed E-state index contributed by atoms with van der Waals surface area (Å²) in [4.78, 5) is 45.2. The lowest BCUT2D eigenvalue weighted by Gasteiger charge is -2.18. The quantitative estimate of drug-likeness (QED) is 0.206. The fraction of sp³-hybridized carbons (Fsp3) is 0.0909. The number of rotatable bonds is 7. The molecular weight excluding hydrogens is 506 g/mol. The minimum atomic E-state index is -4.35. The highest BCUT2D eigenvalue weighted by Gasteiger charge is 2.27. The molecule has 0 radical (unpaired) electrons. The summed E-state index contributed by atoms with van der Waals surface area (Å²) in [5.74, 6) is -0.327. The molecule has 0 atom stereocenters. The van der Waals surface area contributed by atoms with Gasteiger partial charge in [-0.1, -0.05) is 18.2 Å². The van der Waals surface area contributed by atoms with E-state index in [9.17, 15) is 28.1 Å². The summed E-state index contributed by atoms with van der Waals surface area (Å²) in [5, 5.41) is 16.7. The highest BCUT2D eigenvalue weighted by Crippen LogP contribution is 2.30. The van der Waals surface area contributed by atoms with Crippen molar-refractivity contribution in [3.8, 4) is 5.75 Å². The maximum absolute atomic E-state index is 12.9. The fourth-order valence-corrected chi connectivity index (χ4v) is 4.96. The van der Waals surface area contributed by atoms with E-state index in [4.69, 9.17) is 4.74 Å². The Kier molecular flexibility index (Phi) is 5.88. The van der Waals surface area contributed by atoms with E-state index in [2.05, 4.69) is 30.3 Å². The van der Waals surface area contributed by atoms with Crippen LogP contribution >= 0.6 is 0 Å². The van der Waals surface area contributed by atoms with Gasteiger partial charge in [0.2, 0.25) is 0 Å². The maximum Gasteiger partial charge on any atom is 0.289 e. The van der Waals surface area contributed by atoms with Crippen molar-refractivity contribution >= 4 is 49.9 Å². The third-order valence-corrected chi connectivity index (χ3v) is 6.82. The first-order valence-electron chi connectivity index (χ1n) is 10.6. The standard InChI is InChI=1S/C22H17N7O7S/c30-18-10-36-16-6-5-12(7-13(16)27-18)8-24-22(31)21-20-19(25-11-26-21)14(9-23-20)28-37(34,35)17-4-2-1-3-15(17)29(32)33/h1-7,9,11,23,28H,8,10H2,(H,24,31)(H,27,30). The number of nitro benzene ring substituents is 1. The normalized spacial score (nSPS) is 12.8. The first-order valence-corrected chi connectivity index (χ1v) is 12.1. The summed E-state index contributed by atoms with van der Waals surface area (Å²) < 4.78 is 33.4. The van der Waals surface area contributed by atoms with Crippen LogP contribution in [0.15, 0.2) is 59.9 Å². The Hall–Kier alpha value is -5.05. The Morgan fingerprint density at radius 2 is 2.00 bits per heavy atom. The predicted molar refractivity (Wildman–Crippen MR) is 130 cm³/mol. The van der Waals surface area contributed by atoms with Crippen LogP contribution in [0.2, 0.25) is 0 Å². The number of hydrogen-bond acceptors (Lipinski definition) is 9. The van der Waals surface area contributed by atoms with Crippen LogP contribution in [0.3, 0.4) is 0 Å². The van der Waals surface area contributed by atoms with E-state index < -0.39 is 31.4 Å². The van der Waals surface area contributed by atoms with Gasteiger partial charge in [-0.15, -0.1) is 0 Å². The van der Waals surface area contributed by atoms with Crippen molar-refractivity contribution in [1.82, 2.24) is 20.3 Å². The Labute approximate surface area is 208 Å². The Balaban J connectivity index is 1.37. The van der Waals surface area contributed by atoms with E-state index in [0.717, 1.165) is 18.5 Å². The number of carbonyl (C=O) groups is 2. The minimum Gasteiger partial charge on any atom is -0.482 e. The molecule has 3 heterocycles. The zero-order chi connectivity index (χ0) is 26.2. The number of aromatic amines is 1. The Morgan fingerprint density at radius 3 is 2.81 bits per heavy atom. The molecule has 0 spiro atoms. The molecule has 15 heteroatoms. The van der Waals surface area contributed by atoms with Crippen molar-refractivity contribution < 1.29 is 27.7 Å². The number of H-pyrrole nitrogens is 1. The van der Waals surface area contributed by atoms with Gasteiger partial charge in [-0.25, -0.2) is 18.4 Å². The van der Waals surface area contributed by atoms with Crippen molar-refractivity contribution in [2.45, 2.75) is 11.4 Å². The van der Waals surface area contributed by atoms with Crippen LogP contribution < -0.4 is 20.1 Å². The number of nitrogens with one attached hydrogen (secondary N) is 4. The number of nitro groups is 1. The van der Waals surface area contributed by atoms with E-state index in [0.29, 0.717) is 17.0 Å². The van der Waals surface area contributed by atoms with Crippen molar-refractivity contribution in [3.05, 3.63) is 76.4 Å². The summed E-state index contributed by atoms with van der Waals surface area (Å²) in [5.41, 5.74) is 0.783. The SMILES string of the molecule is O=C1COc2ccc(CNC(=O)c3ncnc4c(NS(=O)(=O)c5ccccc5[N+](=O)[O-])c[nH]c34)cc2N1. The number of ether oxygens (including phenoxy) is 1. The van der Waals surface area contributed by atoms with Crippen molar-refractivity contribution in [1.29, 1.82) is 0 Å². The number of nitrogens with zero attached hydrogens (tertiary/aromatic N) is 3. The average Bonchev–Trinajstić information content (AvgIpc) is 3.29. The van der Waals surface area contributed by atoms with Gasteiger partial charge in [0.1, 0.15) is 17.6 Å². The zero-order valence-corrected chi connectivity index (χ0v) is 19.5. The second-order valence-electron chi connectivity index (χ2n) is 7.83. The van der Waals surface area contributed by atoms with Gasteiger partial charge in [-0.3, -0.25) is 24.4 Å². The predicted octanol–water partition coefficient (Wildman–Crippen LogP) is 1.93. The number of benzene rings is 2. The lowest BCUT2D eigenvalue weighted by Crippen LogP contribution is -2.26. The molecule has 4 aromatic rings. The molecule has 4 N–H and O–H groups in total. The number of carbonyl (C=O) groups excluding carboxylic acids is 2. The Bertz CT molecular complexity index is 1680. The van der Waals surface area contributed by atoms with Crippen molar-refractivity contribution in [3.63, 3.8) is 0 Å². The van der Waals surface area contributed by atoms with Gasteiger partial charge in [0.15, 0.2) is 17.2 Å². The van der Waals surface area contributed by atoms with Gasteiger partial charge in [0, 0.05) is 18.8 Å². The van der Waals surface area contributed by atoms with Gasteiger partial charge in [-0.05, 0) is 23.8 Å². The Morgan fingerprint density at radius 1 is 1.19 bits per heavy atom. The van der Waals surface area contributed by atoms with Gasteiger partial charge in [-0.2, -0.15) is 0 Å². The van der Waals surface area contributed by atoms with Crippen LogP contribution in [0.5, 0.6) is 5.75 Å². The van der Waals surface area contributed by atoms with E-state index in [-0.39, 0.29) is 41.5 Å². The van der Waals surface area contributed by atoms with Crippen molar-refractivity contribution in [2.75, 3.05) is 16.6 Å². The van der Waals surface area contributed by atoms with Crippen LogP contribution in [0, 0.1) is 10.1 Å². The largest absolute Gasteiger partial charge is 0.482 e. The third kappa shape index (κ3) is 4.62. The van der Waals surface area contributed by atoms with Crippen LogP contribution in [0.25, 0.3) is 11.0 Å². The van der Waals surface area contributed by atoms with Gasteiger partial charge in [0.05, 0.1) is 21.8 Å². The van der Waals surface area contributed by atoms with Gasteiger partial charge >= 0.3 is 0 Å². The van der Waals surface area contributed by atoms with E-state index in [1.807, 2.05) is 0 Å². The van der Waals surface area contributed by atoms with Crippen LogP contribution in [0.1, 0.15) is 16.1 Å². The molecule has 1 aliphatic rings. The summed E-state index contributed by atoms with van der Waals surface area (Å²) in [6.07, 6.45) is 2.37. The van der Waals surface area contributed by atoms with E-state index in [1.54, 1.807) is 18.2 Å². The molecule has 0 saturated heterocycles. The minimum absolute atomic E-state index is 0.0185. The second-order valence-corrected chi connectivity index (χ2v) is 9.48. The summed E-state index contributed by atoms with van der Waals surface area (Å²) in [7, 11) is -4.35. The molecule has 188 valence electrons. The number of anilines is 2. The zero-order valence-electron chi connectivity index (χ0n) is 18.7. The second kappa shape index (κ2) is 9.19. The summed E-state index contributed by atoms with van der Waals surface area (Å²) in [6.45, 7) is 0.0364. The first-order chi connectivity index (χ1) is 17.7. The number of fused-ring (bicyclic) bond motifs is 2. The van der Waals surface area contributed by atoms with Crippen LogP contribution in [0.4, 0.5) is 17.1 Å².